The molecular weight excluding hydrogens is 270 g/mol. The number of thioether (sulfide) groups is 1. The van der Waals surface area contributed by atoms with Crippen LogP contribution in [0.5, 0.6) is 0 Å². The summed E-state index contributed by atoms with van der Waals surface area (Å²) in [5, 5.41) is 20.6. The third-order valence-corrected chi connectivity index (χ3v) is 3.29. The van der Waals surface area contributed by atoms with Crippen molar-refractivity contribution in [1.29, 1.82) is 0 Å². The first kappa shape index (κ1) is 13.4. The number of carbonyl (C=O) groups is 1. The maximum Gasteiger partial charge on any atom is 0.358 e. The second kappa shape index (κ2) is 5.31. The molecule has 102 valence electrons. The van der Waals surface area contributed by atoms with Crippen molar-refractivity contribution >= 4 is 23.7 Å². The van der Waals surface area contributed by atoms with Crippen LogP contribution in [0.2, 0.25) is 0 Å². The fourth-order valence-electron chi connectivity index (χ4n) is 1.49. The minimum Gasteiger partial charge on any atom is -0.476 e. The van der Waals surface area contributed by atoms with Crippen molar-refractivity contribution in [2.45, 2.75) is 30.8 Å². The van der Waals surface area contributed by atoms with Crippen molar-refractivity contribution in [3.8, 4) is 0 Å². The molecule has 0 aromatic carbocycles. The van der Waals surface area contributed by atoms with E-state index in [-0.39, 0.29) is 11.7 Å². The van der Waals surface area contributed by atoms with E-state index in [4.69, 9.17) is 15.4 Å². The Hall–Kier alpha value is -2.03. The Labute approximate surface area is 113 Å². The van der Waals surface area contributed by atoms with Crippen molar-refractivity contribution in [3.05, 3.63) is 17.5 Å². The van der Waals surface area contributed by atoms with Crippen LogP contribution in [0.4, 0.5) is 5.95 Å². The van der Waals surface area contributed by atoms with Crippen LogP contribution in [0.1, 0.15) is 36.1 Å². The van der Waals surface area contributed by atoms with Crippen LogP contribution in [0.15, 0.2) is 15.7 Å². The maximum atomic E-state index is 10.7. The minimum absolute atomic E-state index is 0.111. The predicted octanol–water partition coefficient (Wildman–Crippen LogP) is 1.42. The van der Waals surface area contributed by atoms with Crippen LogP contribution in [-0.2, 0) is 5.75 Å². The van der Waals surface area contributed by atoms with Gasteiger partial charge >= 0.3 is 5.97 Å². The first-order chi connectivity index (χ1) is 8.99. The molecule has 0 aliphatic rings. The Kier molecular flexibility index (Phi) is 3.74. The molecule has 19 heavy (non-hydrogen) atoms. The number of nitrogen functional groups attached to an aromatic ring is 1. The van der Waals surface area contributed by atoms with Crippen LogP contribution < -0.4 is 5.73 Å². The number of aromatic carboxylic acids is 1. The second-order valence-electron chi connectivity index (χ2n) is 4.08. The van der Waals surface area contributed by atoms with E-state index in [1.807, 2.05) is 13.8 Å². The number of hydrogen-bond donors (Lipinski definition) is 2. The number of rotatable bonds is 5. The lowest BCUT2D eigenvalue weighted by atomic mass is 10.4. The summed E-state index contributed by atoms with van der Waals surface area (Å²) < 4.78 is 6.71. The number of hydrogen-bond acceptors (Lipinski definition) is 7. The summed E-state index contributed by atoms with van der Waals surface area (Å²) in [7, 11) is 0. The summed E-state index contributed by atoms with van der Waals surface area (Å²) in [6.07, 6.45) is 0. The van der Waals surface area contributed by atoms with Crippen LogP contribution in [0.25, 0.3) is 0 Å². The zero-order valence-corrected chi connectivity index (χ0v) is 11.2. The minimum atomic E-state index is -1.12. The normalized spacial score (nSPS) is 11.1. The Balaban J connectivity index is 2.08. The fraction of sp³-hybridized carbons (Fsp3) is 0.400. The fourth-order valence-corrected chi connectivity index (χ4v) is 2.44. The van der Waals surface area contributed by atoms with Gasteiger partial charge in [-0.2, -0.15) is 0 Å². The van der Waals surface area contributed by atoms with Crippen LogP contribution in [0, 0.1) is 0 Å². The molecule has 0 aliphatic heterocycles. The molecule has 2 aromatic heterocycles. The van der Waals surface area contributed by atoms with E-state index in [1.165, 1.54) is 17.8 Å². The molecule has 8 nitrogen and oxygen atoms in total. The highest BCUT2D eigenvalue weighted by atomic mass is 32.2. The van der Waals surface area contributed by atoms with Gasteiger partial charge in [0.1, 0.15) is 5.76 Å². The van der Waals surface area contributed by atoms with Crippen LogP contribution in [0.3, 0.4) is 0 Å². The summed E-state index contributed by atoms with van der Waals surface area (Å²) in [6.45, 7) is 3.95. The van der Waals surface area contributed by atoms with E-state index in [9.17, 15) is 4.79 Å². The van der Waals surface area contributed by atoms with Crippen molar-refractivity contribution in [2.24, 2.45) is 0 Å². The molecule has 0 saturated heterocycles. The standard InChI is InChI=1S/C10H13N5O3S/c1-5(2)15-9(11)12-13-10(15)19-4-6-3-7(8(16)17)14-18-6/h3,5H,4H2,1-2H3,(H2,11,12)(H,16,17). The van der Waals surface area contributed by atoms with Crippen molar-refractivity contribution < 1.29 is 14.4 Å². The molecule has 0 bridgehead atoms. The SMILES string of the molecule is CC(C)n1c(N)nnc1SCc1cc(C(=O)O)no1. The third-order valence-electron chi connectivity index (χ3n) is 2.33. The molecule has 9 heteroatoms. The van der Waals surface area contributed by atoms with E-state index in [0.29, 0.717) is 22.6 Å². The van der Waals surface area contributed by atoms with Gasteiger partial charge < -0.3 is 15.4 Å². The zero-order chi connectivity index (χ0) is 14.0. The highest BCUT2D eigenvalue weighted by molar-refractivity contribution is 7.98. The Morgan fingerprint density at radius 1 is 1.58 bits per heavy atom. The monoisotopic (exact) mass is 283 g/mol. The molecule has 2 rings (SSSR count). The summed E-state index contributed by atoms with van der Waals surface area (Å²) in [6, 6.07) is 1.52. The lowest BCUT2D eigenvalue weighted by molar-refractivity contribution is 0.0685. The van der Waals surface area contributed by atoms with E-state index < -0.39 is 5.97 Å². The highest BCUT2D eigenvalue weighted by Gasteiger charge is 2.15. The molecule has 3 N–H and O–H groups in total. The molecule has 0 amide bonds. The topological polar surface area (TPSA) is 120 Å². The number of nitrogens with two attached hydrogens (primary N) is 1. The average Bonchev–Trinajstić information content (AvgIpc) is 2.92. The Morgan fingerprint density at radius 3 is 2.89 bits per heavy atom. The predicted molar refractivity (Wildman–Crippen MR) is 67.8 cm³/mol. The molecule has 0 fully saturated rings. The molecule has 0 unspecified atom stereocenters. The molecule has 0 atom stereocenters. The smallest absolute Gasteiger partial charge is 0.358 e. The third kappa shape index (κ3) is 2.87. The highest BCUT2D eigenvalue weighted by Crippen LogP contribution is 2.25. The Morgan fingerprint density at radius 2 is 2.32 bits per heavy atom. The molecule has 2 heterocycles. The number of carboxylic acids is 1. The van der Waals surface area contributed by atoms with Crippen molar-refractivity contribution in [2.75, 3.05) is 5.73 Å². The molecule has 0 saturated carbocycles. The lowest BCUT2D eigenvalue weighted by Crippen LogP contribution is -2.06. The quantitative estimate of drug-likeness (QED) is 0.790. The molecule has 0 spiro atoms. The molecular formula is C10H13N5O3S. The molecule has 0 radical (unpaired) electrons. The van der Waals surface area contributed by atoms with Gasteiger partial charge in [-0.05, 0) is 13.8 Å². The lowest BCUT2D eigenvalue weighted by Gasteiger charge is -2.10. The van der Waals surface area contributed by atoms with Crippen LogP contribution >= 0.6 is 11.8 Å². The summed E-state index contributed by atoms with van der Waals surface area (Å²) >= 11 is 1.36. The van der Waals surface area contributed by atoms with Gasteiger partial charge in [-0.15, -0.1) is 10.2 Å². The summed E-state index contributed by atoms with van der Waals surface area (Å²) in [4.78, 5) is 10.7. The van der Waals surface area contributed by atoms with E-state index in [0.717, 1.165) is 0 Å². The molecule has 0 aliphatic carbocycles. The van der Waals surface area contributed by atoms with E-state index >= 15 is 0 Å². The van der Waals surface area contributed by atoms with Crippen molar-refractivity contribution in [1.82, 2.24) is 19.9 Å². The van der Waals surface area contributed by atoms with Gasteiger partial charge in [0.25, 0.3) is 0 Å². The van der Waals surface area contributed by atoms with Gasteiger partial charge in [0.2, 0.25) is 5.95 Å². The van der Waals surface area contributed by atoms with Gasteiger partial charge in [0, 0.05) is 12.1 Å². The van der Waals surface area contributed by atoms with Gasteiger partial charge in [0.05, 0.1) is 5.75 Å². The second-order valence-corrected chi connectivity index (χ2v) is 5.02. The first-order valence-corrected chi connectivity index (χ1v) is 6.49. The molecule has 2 aromatic rings. The van der Waals surface area contributed by atoms with Gasteiger partial charge in [0.15, 0.2) is 10.9 Å². The first-order valence-electron chi connectivity index (χ1n) is 5.51. The number of nitrogens with zero attached hydrogens (tertiary/aromatic N) is 4. The summed E-state index contributed by atoms with van der Waals surface area (Å²) in [5.74, 6) is 0.0978. The maximum absolute atomic E-state index is 10.7. The number of carboxylic acid groups (broad SMARTS) is 1. The van der Waals surface area contributed by atoms with E-state index in [1.54, 1.807) is 4.57 Å². The number of anilines is 1. The van der Waals surface area contributed by atoms with Gasteiger partial charge in [-0.3, -0.25) is 4.57 Å². The number of aromatic nitrogens is 4. The van der Waals surface area contributed by atoms with Crippen molar-refractivity contribution in [3.63, 3.8) is 0 Å². The summed E-state index contributed by atoms with van der Waals surface area (Å²) in [5.41, 5.74) is 5.61. The van der Waals surface area contributed by atoms with Gasteiger partial charge in [-0.25, -0.2) is 4.79 Å². The average molecular weight is 283 g/mol. The van der Waals surface area contributed by atoms with Gasteiger partial charge in [-0.1, -0.05) is 16.9 Å². The zero-order valence-electron chi connectivity index (χ0n) is 10.4. The Bertz CT molecular complexity index is 592. The van der Waals surface area contributed by atoms with Crippen LogP contribution in [-0.4, -0.2) is 31.0 Å². The van der Waals surface area contributed by atoms with E-state index in [2.05, 4.69) is 15.4 Å². The largest absolute Gasteiger partial charge is 0.476 e.